The fourth-order valence-electron chi connectivity index (χ4n) is 1.10. The fourth-order valence-corrected chi connectivity index (χ4v) is 1.10. The SMILES string of the molecule is Cc1ccc(CN)c(C)c1O. The first-order valence-corrected chi connectivity index (χ1v) is 3.65. The van der Waals surface area contributed by atoms with E-state index in [1.165, 1.54) is 0 Å². The second-order valence-electron chi connectivity index (χ2n) is 2.72. The highest BCUT2D eigenvalue weighted by molar-refractivity contribution is 5.43. The summed E-state index contributed by atoms with van der Waals surface area (Å²) in [5, 5.41) is 9.46. The van der Waals surface area contributed by atoms with Crippen LogP contribution in [-0.4, -0.2) is 5.11 Å². The molecule has 11 heavy (non-hydrogen) atoms. The summed E-state index contributed by atoms with van der Waals surface area (Å²) >= 11 is 0. The van der Waals surface area contributed by atoms with Crippen molar-refractivity contribution in [3.63, 3.8) is 0 Å². The summed E-state index contributed by atoms with van der Waals surface area (Å²) in [7, 11) is 0. The van der Waals surface area contributed by atoms with Gasteiger partial charge in [-0.15, -0.1) is 0 Å². The van der Waals surface area contributed by atoms with E-state index >= 15 is 0 Å². The number of benzene rings is 1. The van der Waals surface area contributed by atoms with Gasteiger partial charge in [0.1, 0.15) is 5.75 Å². The smallest absolute Gasteiger partial charge is 0.121 e. The number of aryl methyl sites for hydroxylation is 1. The Balaban J connectivity index is 3.25. The van der Waals surface area contributed by atoms with E-state index in [-0.39, 0.29) is 0 Å². The van der Waals surface area contributed by atoms with Crippen LogP contribution in [0.4, 0.5) is 0 Å². The zero-order valence-electron chi connectivity index (χ0n) is 6.89. The Kier molecular flexibility index (Phi) is 2.15. The summed E-state index contributed by atoms with van der Waals surface area (Å²) in [6.45, 7) is 4.24. The summed E-state index contributed by atoms with van der Waals surface area (Å²) in [5.74, 6) is 0.368. The minimum Gasteiger partial charge on any atom is -0.507 e. The van der Waals surface area contributed by atoms with E-state index < -0.39 is 0 Å². The van der Waals surface area contributed by atoms with Crippen molar-refractivity contribution in [2.45, 2.75) is 20.4 Å². The van der Waals surface area contributed by atoms with Crippen LogP contribution < -0.4 is 5.73 Å². The van der Waals surface area contributed by atoms with E-state index in [2.05, 4.69) is 0 Å². The topological polar surface area (TPSA) is 46.2 Å². The highest BCUT2D eigenvalue weighted by atomic mass is 16.3. The number of hydrogen-bond donors (Lipinski definition) is 2. The molecular formula is C9H13NO. The standard InChI is InChI=1S/C9H13NO/c1-6-3-4-8(5-10)7(2)9(6)11/h3-4,11H,5,10H2,1-2H3. The molecule has 0 radical (unpaired) electrons. The molecule has 3 N–H and O–H groups in total. The molecule has 2 nitrogen and oxygen atoms in total. The number of phenols is 1. The van der Waals surface area contributed by atoms with E-state index in [1.807, 2.05) is 26.0 Å². The van der Waals surface area contributed by atoms with Crippen LogP contribution in [0.25, 0.3) is 0 Å². The van der Waals surface area contributed by atoms with E-state index in [1.54, 1.807) is 0 Å². The number of hydrogen-bond acceptors (Lipinski definition) is 2. The molecule has 0 saturated carbocycles. The lowest BCUT2D eigenvalue weighted by atomic mass is 10.0. The van der Waals surface area contributed by atoms with E-state index in [4.69, 9.17) is 5.73 Å². The predicted molar refractivity (Wildman–Crippen MR) is 45.5 cm³/mol. The van der Waals surface area contributed by atoms with Crippen LogP contribution in [0.15, 0.2) is 12.1 Å². The predicted octanol–water partition coefficient (Wildman–Crippen LogP) is 1.47. The van der Waals surface area contributed by atoms with Gasteiger partial charge in [0.05, 0.1) is 0 Å². The van der Waals surface area contributed by atoms with Gasteiger partial charge in [-0.1, -0.05) is 12.1 Å². The second kappa shape index (κ2) is 2.93. The third-order valence-electron chi connectivity index (χ3n) is 1.96. The Morgan fingerprint density at radius 3 is 2.55 bits per heavy atom. The molecule has 0 atom stereocenters. The summed E-state index contributed by atoms with van der Waals surface area (Å²) in [6.07, 6.45) is 0. The van der Waals surface area contributed by atoms with E-state index in [9.17, 15) is 5.11 Å². The molecule has 0 saturated heterocycles. The van der Waals surface area contributed by atoms with Gasteiger partial charge in [-0.05, 0) is 30.5 Å². The first-order valence-electron chi connectivity index (χ1n) is 3.65. The van der Waals surface area contributed by atoms with Crippen LogP contribution in [0.5, 0.6) is 5.75 Å². The third kappa shape index (κ3) is 1.35. The zero-order chi connectivity index (χ0) is 8.43. The Morgan fingerprint density at radius 1 is 1.36 bits per heavy atom. The van der Waals surface area contributed by atoms with Crippen molar-refractivity contribution < 1.29 is 5.11 Å². The molecule has 2 heteroatoms. The molecule has 1 aromatic carbocycles. The lowest BCUT2D eigenvalue weighted by Crippen LogP contribution is -1.99. The van der Waals surface area contributed by atoms with Crippen molar-refractivity contribution in [2.24, 2.45) is 5.73 Å². The molecule has 0 heterocycles. The Labute approximate surface area is 66.7 Å². The molecule has 0 fully saturated rings. The largest absolute Gasteiger partial charge is 0.507 e. The van der Waals surface area contributed by atoms with Crippen molar-refractivity contribution >= 4 is 0 Å². The highest BCUT2D eigenvalue weighted by Crippen LogP contribution is 2.23. The van der Waals surface area contributed by atoms with Crippen molar-refractivity contribution in [3.05, 3.63) is 28.8 Å². The number of phenolic OH excluding ortho intramolecular Hbond substituents is 1. The summed E-state index contributed by atoms with van der Waals surface area (Å²) < 4.78 is 0. The molecule has 0 bridgehead atoms. The van der Waals surface area contributed by atoms with Gasteiger partial charge in [0.25, 0.3) is 0 Å². The number of rotatable bonds is 1. The Hall–Kier alpha value is -1.02. The van der Waals surface area contributed by atoms with Crippen LogP contribution in [0.1, 0.15) is 16.7 Å². The third-order valence-corrected chi connectivity index (χ3v) is 1.96. The van der Waals surface area contributed by atoms with Crippen LogP contribution in [0.3, 0.4) is 0 Å². The van der Waals surface area contributed by atoms with Gasteiger partial charge in [-0.3, -0.25) is 0 Å². The van der Waals surface area contributed by atoms with Gasteiger partial charge >= 0.3 is 0 Å². The van der Waals surface area contributed by atoms with E-state index in [0.29, 0.717) is 12.3 Å². The maximum absolute atomic E-state index is 9.46. The van der Waals surface area contributed by atoms with Gasteiger partial charge < -0.3 is 10.8 Å². The van der Waals surface area contributed by atoms with Crippen LogP contribution >= 0.6 is 0 Å². The molecule has 0 aliphatic rings. The van der Waals surface area contributed by atoms with Crippen molar-refractivity contribution in [1.82, 2.24) is 0 Å². The van der Waals surface area contributed by atoms with Gasteiger partial charge in [-0.2, -0.15) is 0 Å². The summed E-state index contributed by atoms with van der Waals surface area (Å²) in [6, 6.07) is 3.83. The van der Waals surface area contributed by atoms with Gasteiger partial charge in [0, 0.05) is 6.54 Å². The lowest BCUT2D eigenvalue weighted by Gasteiger charge is -2.06. The van der Waals surface area contributed by atoms with Crippen LogP contribution in [0.2, 0.25) is 0 Å². The summed E-state index contributed by atoms with van der Waals surface area (Å²) in [4.78, 5) is 0. The maximum atomic E-state index is 9.46. The van der Waals surface area contributed by atoms with Crippen molar-refractivity contribution in [3.8, 4) is 5.75 Å². The molecule has 0 aromatic heterocycles. The maximum Gasteiger partial charge on any atom is 0.121 e. The average molecular weight is 151 g/mol. The number of nitrogens with two attached hydrogens (primary N) is 1. The van der Waals surface area contributed by atoms with Gasteiger partial charge in [-0.25, -0.2) is 0 Å². The zero-order valence-corrected chi connectivity index (χ0v) is 6.89. The quantitative estimate of drug-likeness (QED) is 0.638. The molecule has 60 valence electrons. The molecule has 0 unspecified atom stereocenters. The van der Waals surface area contributed by atoms with Crippen molar-refractivity contribution in [1.29, 1.82) is 0 Å². The Bertz CT molecular complexity index is 269. The molecule has 1 aromatic rings. The minimum atomic E-state index is 0.368. The molecule has 0 amide bonds. The van der Waals surface area contributed by atoms with Gasteiger partial charge in [0.15, 0.2) is 0 Å². The minimum absolute atomic E-state index is 0.368. The fraction of sp³-hybridized carbons (Fsp3) is 0.333. The normalized spacial score (nSPS) is 10.1. The number of aromatic hydroxyl groups is 1. The molecule has 1 rings (SSSR count). The average Bonchev–Trinajstić information content (AvgIpc) is 2.01. The van der Waals surface area contributed by atoms with Crippen molar-refractivity contribution in [2.75, 3.05) is 0 Å². The molecule has 0 aliphatic heterocycles. The van der Waals surface area contributed by atoms with E-state index in [0.717, 1.165) is 16.7 Å². The summed E-state index contributed by atoms with van der Waals surface area (Å²) in [5.41, 5.74) is 8.26. The van der Waals surface area contributed by atoms with Crippen LogP contribution in [0, 0.1) is 13.8 Å². The molecular weight excluding hydrogens is 138 g/mol. The monoisotopic (exact) mass is 151 g/mol. The first kappa shape index (κ1) is 8.08. The highest BCUT2D eigenvalue weighted by Gasteiger charge is 2.03. The molecule has 0 spiro atoms. The lowest BCUT2D eigenvalue weighted by molar-refractivity contribution is 0.466. The molecule has 0 aliphatic carbocycles. The second-order valence-corrected chi connectivity index (χ2v) is 2.72. The Morgan fingerprint density at radius 2 is 2.00 bits per heavy atom. The first-order chi connectivity index (χ1) is 5.16. The van der Waals surface area contributed by atoms with Gasteiger partial charge in [0.2, 0.25) is 0 Å². The van der Waals surface area contributed by atoms with Crippen LogP contribution in [-0.2, 0) is 6.54 Å².